The number of benzene rings is 1. The van der Waals surface area contributed by atoms with Gasteiger partial charge in [-0.25, -0.2) is 0 Å². The maximum Gasteiger partial charge on any atom is 0.248 e. The second-order valence-corrected chi connectivity index (χ2v) is 5.62. The van der Waals surface area contributed by atoms with Crippen molar-refractivity contribution in [3.8, 4) is 11.5 Å². The molecule has 0 radical (unpaired) electrons. The molecule has 18 heavy (non-hydrogen) atoms. The van der Waals surface area contributed by atoms with Crippen LogP contribution in [0.4, 0.5) is 0 Å². The van der Waals surface area contributed by atoms with Gasteiger partial charge in [0, 0.05) is 8.95 Å². The lowest BCUT2D eigenvalue weighted by Crippen LogP contribution is -2.17. The minimum absolute atomic E-state index is 0.0606. The van der Waals surface area contributed by atoms with Crippen molar-refractivity contribution in [2.24, 2.45) is 0 Å². The molecular weight excluding hydrogens is 362 g/mol. The third kappa shape index (κ3) is 2.99. The van der Waals surface area contributed by atoms with Crippen LogP contribution in [0.1, 0.15) is 25.8 Å². The van der Waals surface area contributed by atoms with Gasteiger partial charge in [0.05, 0.1) is 11.6 Å². The Morgan fingerprint density at radius 2 is 2.11 bits per heavy atom. The lowest BCUT2D eigenvalue weighted by Gasteiger charge is -2.06. The van der Waals surface area contributed by atoms with Gasteiger partial charge in [0.1, 0.15) is 0 Å². The van der Waals surface area contributed by atoms with Gasteiger partial charge in [-0.3, -0.25) is 0 Å². The van der Waals surface area contributed by atoms with Gasteiger partial charge in [0.15, 0.2) is 0 Å². The van der Waals surface area contributed by atoms with E-state index in [2.05, 4.69) is 47.4 Å². The molecule has 0 saturated carbocycles. The zero-order valence-electron chi connectivity index (χ0n) is 10.1. The van der Waals surface area contributed by atoms with Crippen molar-refractivity contribution in [2.75, 3.05) is 6.54 Å². The fraction of sp³-hybridized carbons (Fsp3) is 0.333. The van der Waals surface area contributed by atoms with Crippen molar-refractivity contribution in [3.05, 3.63) is 33.0 Å². The van der Waals surface area contributed by atoms with Crippen LogP contribution >= 0.6 is 31.9 Å². The first-order valence-corrected chi connectivity index (χ1v) is 7.22. The van der Waals surface area contributed by atoms with E-state index in [1.807, 2.05) is 32.0 Å². The Hall–Kier alpha value is -0.720. The largest absolute Gasteiger partial charge is 0.419 e. The van der Waals surface area contributed by atoms with Crippen molar-refractivity contribution in [3.63, 3.8) is 0 Å². The van der Waals surface area contributed by atoms with Gasteiger partial charge in [-0.1, -0.05) is 22.9 Å². The monoisotopic (exact) mass is 373 g/mol. The van der Waals surface area contributed by atoms with E-state index in [1.54, 1.807) is 0 Å². The Bertz CT molecular complexity index is 542. The highest BCUT2D eigenvalue weighted by Gasteiger charge is 2.15. The summed E-state index contributed by atoms with van der Waals surface area (Å²) in [5.74, 6) is 1.12. The fourth-order valence-corrected chi connectivity index (χ4v) is 2.79. The van der Waals surface area contributed by atoms with E-state index >= 15 is 0 Å². The topological polar surface area (TPSA) is 51.0 Å². The maximum atomic E-state index is 5.67. The zero-order chi connectivity index (χ0) is 13.1. The molecule has 0 spiro atoms. The predicted octanol–water partition coefficient (Wildman–Crippen LogP) is 3.93. The zero-order valence-corrected chi connectivity index (χ0v) is 13.2. The van der Waals surface area contributed by atoms with Crippen LogP contribution in [0.15, 0.2) is 31.6 Å². The van der Waals surface area contributed by atoms with E-state index in [4.69, 9.17) is 4.42 Å². The van der Waals surface area contributed by atoms with Crippen molar-refractivity contribution in [2.45, 2.75) is 19.9 Å². The SMILES string of the molecule is CCNC(C)c1nnc(-c2ccc(Br)cc2Br)o1. The smallest absolute Gasteiger partial charge is 0.248 e. The minimum Gasteiger partial charge on any atom is -0.419 e. The molecule has 1 atom stereocenters. The van der Waals surface area contributed by atoms with Crippen LogP contribution in [0.25, 0.3) is 11.5 Å². The van der Waals surface area contributed by atoms with Crippen LogP contribution in [0, 0.1) is 0 Å². The molecule has 0 fully saturated rings. The van der Waals surface area contributed by atoms with Crippen molar-refractivity contribution < 1.29 is 4.42 Å². The highest BCUT2D eigenvalue weighted by molar-refractivity contribution is 9.11. The van der Waals surface area contributed by atoms with Crippen molar-refractivity contribution in [1.82, 2.24) is 15.5 Å². The third-order valence-corrected chi connectivity index (χ3v) is 3.63. The standard InChI is InChI=1S/C12H13Br2N3O/c1-3-15-7(2)11-16-17-12(18-11)9-5-4-8(13)6-10(9)14/h4-7,15H,3H2,1-2H3. The summed E-state index contributed by atoms with van der Waals surface area (Å²) in [7, 11) is 0. The number of hydrogen-bond acceptors (Lipinski definition) is 4. The molecule has 0 saturated heterocycles. The average molecular weight is 375 g/mol. The van der Waals surface area contributed by atoms with Gasteiger partial charge in [0.2, 0.25) is 11.8 Å². The Labute approximate surface area is 122 Å². The maximum absolute atomic E-state index is 5.67. The second kappa shape index (κ2) is 5.95. The summed E-state index contributed by atoms with van der Waals surface area (Å²) >= 11 is 6.90. The van der Waals surface area contributed by atoms with E-state index in [0.717, 1.165) is 21.1 Å². The van der Waals surface area contributed by atoms with Crippen LogP contribution in [0.3, 0.4) is 0 Å². The first-order chi connectivity index (χ1) is 8.61. The summed E-state index contributed by atoms with van der Waals surface area (Å²) < 4.78 is 7.59. The van der Waals surface area contributed by atoms with Crippen LogP contribution < -0.4 is 5.32 Å². The molecule has 4 nitrogen and oxygen atoms in total. The number of halogens is 2. The minimum atomic E-state index is 0.0606. The molecular formula is C12H13Br2N3O. The molecule has 6 heteroatoms. The lowest BCUT2D eigenvalue weighted by atomic mass is 10.2. The molecule has 1 N–H and O–H groups in total. The summed E-state index contributed by atoms with van der Waals surface area (Å²) in [4.78, 5) is 0. The first kappa shape index (κ1) is 13.7. The highest BCUT2D eigenvalue weighted by Crippen LogP contribution is 2.30. The molecule has 0 aliphatic heterocycles. The van der Waals surface area contributed by atoms with Gasteiger partial charge >= 0.3 is 0 Å². The molecule has 0 aliphatic rings. The molecule has 1 aromatic heterocycles. The van der Waals surface area contributed by atoms with Crippen LogP contribution in [-0.4, -0.2) is 16.7 Å². The highest BCUT2D eigenvalue weighted by atomic mass is 79.9. The van der Waals surface area contributed by atoms with E-state index in [9.17, 15) is 0 Å². The van der Waals surface area contributed by atoms with Crippen LogP contribution in [0.5, 0.6) is 0 Å². The van der Waals surface area contributed by atoms with Crippen LogP contribution in [0.2, 0.25) is 0 Å². The van der Waals surface area contributed by atoms with E-state index in [-0.39, 0.29) is 6.04 Å². The summed E-state index contributed by atoms with van der Waals surface area (Å²) in [6.07, 6.45) is 0. The van der Waals surface area contributed by atoms with E-state index < -0.39 is 0 Å². The second-order valence-electron chi connectivity index (χ2n) is 3.85. The summed E-state index contributed by atoms with van der Waals surface area (Å²) in [5, 5.41) is 11.4. The summed E-state index contributed by atoms with van der Waals surface area (Å²) in [6.45, 7) is 4.90. The molecule has 0 amide bonds. The molecule has 96 valence electrons. The summed E-state index contributed by atoms with van der Waals surface area (Å²) in [5.41, 5.74) is 0.889. The molecule has 0 aliphatic carbocycles. The van der Waals surface area contributed by atoms with Crippen LogP contribution in [-0.2, 0) is 0 Å². The molecule has 0 bridgehead atoms. The molecule has 2 aromatic rings. The summed E-state index contributed by atoms with van der Waals surface area (Å²) in [6, 6.07) is 5.89. The van der Waals surface area contributed by atoms with Crippen molar-refractivity contribution in [1.29, 1.82) is 0 Å². The molecule has 1 heterocycles. The quantitative estimate of drug-likeness (QED) is 0.880. The van der Waals surface area contributed by atoms with Crippen molar-refractivity contribution >= 4 is 31.9 Å². The van der Waals surface area contributed by atoms with Gasteiger partial charge in [-0.05, 0) is 47.6 Å². The normalized spacial score (nSPS) is 12.7. The average Bonchev–Trinajstić information content (AvgIpc) is 2.78. The molecule has 2 rings (SSSR count). The Kier molecular flexibility index (Phi) is 4.53. The van der Waals surface area contributed by atoms with E-state index in [0.29, 0.717) is 11.8 Å². The number of aromatic nitrogens is 2. The Balaban J connectivity index is 2.29. The van der Waals surface area contributed by atoms with Gasteiger partial charge in [0.25, 0.3) is 0 Å². The first-order valence-electron chi connectivity index (χ1n) is 5.64. The van der Waals surface area contributed by atoms with E-state index in [1.165, 1.54) is 0 Å². The number of nitrogens with zero attached hydrogens (tertiary/aromatic N) is 2. The lowest BCUT2D eigenvalue weighted by molar-refractivity contribution is 0.429. The number of rotatable bonds is 4. The van der Waals surface area contributed by atoms with Gasteiger partial charge < -0.3 is 9.73 Å². The Morgan fingerprint density at radius 1 is 1.33 bits per heavy atom. The molecule has 1 aromatic carbocycles. The molecule has 1 unspecified atom stereocenters. The third-order valence-electron chi connectivity index (χ3n) is 2.48. The van der Waals surface area contributed by atoms with Gasteiger partial charge in [-0.15, -0.1) is 10.2 Å². The fourth-order valence-electron chi connectivity index (χ4n) is 1.57. The van der Waals surface area contributed by atoms with Gasteiger partial charge in [-0.2, -0.15) is 0 Å². The number of hydrogen-bond donors (Lipinski definition) is 1. The number of nitrogens with one attached hydrogen (secondary N) is 1. The Morgan fingerprint density at radius 3 is 2.78 bits per heavy atom. The predicted molar refractivity (Wildman–Crippen MR) is 77.2 cm³/mol.